The highest BCUT2D eigenvalue weighted by Crippen LogP contribution is 2.19. The highest BCUT2D eigenvalue weighted by atomic mass is 32.2. The van der Waals surface area contributed by atoms with Crippen molar-refractivity contribution in [2.24, 2.45) is 11.1 Å². The smallest absolute Gasteiger partial charge is 0.246 e. The molecule has 8 nitrogen and oxygen atoms in total. The lowest BCUT2D eigenvalue weighted by Gasteiger charge is -2.35. The van der Waals surface area contributed by atoms with Crippen molar-refractivity contribution in [2.75, 3.05) is 38.7 Å². The Balaban J connectivity index is 5.07. The van der Waals surface area contributed by atoms with Gasteiger partial charge in [-0.15, -0.1) is 0 Å². The predicted octanol–water partition coefficient (Wildman–Crippen LogP) is 2.24. The topological polar surface area (TPSA) is 116 Å². The van der Waals surface area contributed by atoms with E-state index in [1.165, 1.54) is 16.8 Å². The summed E-state index contributed by atoms with van der Waals surface area (Å²) in [5, 5.41) is 13.6. The molecule has 0 heterocycles. The molecule has 0 rings (SSSR count). The van der Waals surface area contributed by atoms with Crippen LogP contribution >= 0.6 is 11.8 Å². The highest BCUT2D eigenvalue weighted by molar-refractivity contribution is 7.99. The third-order valence-electron chi connectivity index (χ3n) is 5.27. The van der Waals surface area contributed by atoms with Gasteiger partial charge in [-0.25, -0.2) is 0 Å². The lowest BCUT2D eigenvalue weighted by Crippen LogP contribution is -2.56. The molecule has 0 radical (unpaired) electrons. The number of nitrogens with two attached hydrogens (primary N) is 1. The van der Waals surface area contributed by atoms with Gasteiger partial charge in [0, 0.05) is 32.7 Å². The molecule has 0 aromatic heterocycles. The van der Waals surface area contributed by atoms with Crippen LogP contribution in [0.4, 0.5) is 0 Å². The van der Waals surface area contributed by atoms with Crippen LogP contribution in [-0.4, -0.2) is 89.0 Å². The number of hydrogen-bond donors (Lipinski definition) is 3. The Kier molecular flexibility index (Phi) is 14.2. The van der Waals surface area contributed by atoms with E-state index in [4.69, 9.17) is 5.73 Å². The van der Waals surface area contributed by atoms with E-state index in [-0.39, 0.29) is 23.7 Å². The minimum absolute atomic E-state index is 0.0264. The van der Waals surface area contributed by atoms with E-state index >= 15 is 0 Å². The lowest BCUT2D eigenvalue weighted by atomic mass is 9.97. The van der Waals surface area contributed by atoms with E-state index in [0.717, 1.165) is 31.7 Å². The molecule has 0 aliphatic carbocycles. The number of unbranched alkanes of at least 4 members (excludes halogenated alkanes) is 1. The molecule has 0 fully saturated rings. The quantitative estimate of drug-likeness (QED) is 0.287. The van der Waals surface area contributed by atoms with Crippen LogP contribution in [0.25, 0.3) is 0 Å². The molecule has 0 aliphatic heterocycles. The molecule has 0 aromatic carbocycles. The van der Waals surface area contributed by atoms with Crippen molar-refractivity contribution in [1.82, 2.24) is 15.1 Å². The van der Waals surface area contributed by atoms with E-state index in [2.05, 4.69) is 26.1 Å². The Morgan fingerprint density at radius 1 is 1.03 bits per heavy atom. The number of nitrogens with one attached hydrogen (secondary N) is 1. The van der Waals surface area contributed by atoms with E-state index < -0.39 is 23.6 Å². The van der Waals surface area contributed by atoms with Crippen molar-refractivity contribution in [3.8, 4) is 0 Å². The number of likely N-dealkylation sites (N-methyl/N-ethyl adjacent to an activating group) is 2. The summed E-state index contributed by atoms with van der Waals surface area (Å²) in [5.41, 5.74) is 4.64. The summed E-state index contributed by atoms with van der Waals surface area (Å²) in [6.07, 6.45) is 3.13. The Morgan fingerprint density at radius 3 is 2.12 bits per heavy atom. The van der Waals surface area contributed by atoms with Gasteiger partial charge in [0.15, 0.2) is 0 Å². The van der Waals surface area contributed by atoms with Crippen LogP contribution in [0.15, 0.2) is 0 Å². The minimum Gasteiger partial charge on any atom is -0.390 e. The Morgan fingerprint density at radius 2 is 1.64 bits per heavy atom. The van der Waals surface area contributed by atoms with Gasteiger partial charge in [0.2, 0.25) is 17.7 Å². The van der Waals surface area contributed by atoms with Gasteiger partial charge in [0.05, 0.1) is 5.60 Å². The Bertz CT molecular complexity index is 617. The number of carbonyl (C=O) groups excluding carboxylic acids is 3. The number of amides is 3. The predicted molar refractivity (Wildman–Crippen MR) is 137 cm³/mol. The van der Waals surface area contributed by atoms with E-state index in [1.807, 2.05) is 6.92 Å². The third-order valence-corrected chi connectivity index (χ3v) is 6.40. The van der Waals surface area contributed by atoms with E-state index in [0.29, 0.717) is 18.6 Å². The second-order valence-electron chi connectivity index (χ2n) is 10.7. The molecular weight excluding hydrogens is 440 g/mol. The monoisotopic (exact) mass is 488 g/mol. The first-order valence-corrected chi connectivity index (χ1v) is 13.1. The van der Waals surface area contributed by atoms with E-state index in [9.17, 15) is 19.5 Å². The second kappa shape index (κ2) is 14.8. The molecule has 0 unspecified atom stereocenters. The number of thioether (sulfide) groups is 1. The summed E-state index contributed by atoms with van der Waals surface area (Å²) in [6, 6.07) is -1.64. The highest BCUT2D eigenvalue weighted by Gasteiger charge is 2.36. The maximum absolute atomic E-state index is 13.3. The summed E-state index contributed by atoms with van der Waals surface area (Å²) in [4.78, 5) is 40.7. The Labute approximate surface area is 205 Å². The van der Waals surface area contributed by atoms with Crippen LogP contribution in [0, 0.1) is 5.41 Å². The maximum Gasteiger partial charge on any atom is 0.246 e. The zero-order chi connectivity index (χ0) is 25.8. The fourth-order valence-electron chi connectivity index (χ4n) is 3.32. The van der Waals surface area contributed by atoms with Gasteiger partial charge >= 0.3 is 0 Å². The average Bonchev–Trinajstić information content (AvgIpc) is 2.68. The summed E-state index contributed by atoms with van der Waals surface area (Å²) >= 11 is 1.63. The molecule has 3 amide bonds. The molecule has 0 saturated carbocycles. The van der Waals surface area contributed by atoms with Gasteiger partial charge in [-0.3, -0.25) is 14.4 Å². The zero-order valence-electron chi connectivity index (χ0n) is 22.1. The average molecular weight is 489 g/mol. The van der Waals surface area contributed by atoms with Crippen molar-refractivity contribution in [2.45, 2.75) is 91.3 Å². The van der Waals surface area contributed by atoms with Gasteiger partial charge in [-0.05, 0) is 57.4 Å². The fourth-order valence-corrected chi connectivity index (χ4v) is 4.48. The van der Waals surface area contributed by atoms with E-state index in [1.54, 1.807) is 32.7 Å². The van der Waals surface area contributed by atoms with Crippen LogP contribution in [0.5, 0.6) is 0 Å². The summed E-state index contributed by atoms with van der Waals surface area (Å²) < 4.78 is 0. The fraction of sp³-hybridized carbons (Fsp3) is 0.875. The molecule has 9 heteroatoms. The maximum atomic E-state index is 13.3. The third kappa shape index (κ3) is 13.9. The molecule has 0 spiro atoms. The van der Waals surface area contributed by atoms with Crippen molar-refractivity contribution < 1.29 is 19.5 Å². The molecule has 33 heavy (non-hydrogen) atoms. The Hall–Kier alpha value is -1.32. The normalized spacial score (nSPS) is 14.0. The molecule has 0 aromatic rings. The molecule has 194 valence electrons. The molecule has 0 bridgehead atoms. The second-order valence-corrected chi connectivity index (χ2v) is 11.8. The van der Waals surface area contributed by atoms with Gasteiger partial charge in [-0.1, -0.05) is 27.7 Å². The SMILES string of the molecule is CCCC(=O)N(C)[C@H](CSCCCCNCC(C)(C)C)C(=O)N(C)[C@@H](CC(C)(C)O)C(N)=O. The number of rotatable bonds is 16. The van der Waals surface area contributed by atoms with Crippen LogP contribution < -0.4 is 11.1 Å². The molecular formula is C24H48N4O4S. The zero-order valence-corrected chi connectivity index (χ0v) is 22.9. The first kappa shape index (κ1) is 31.7. The van der Waals surface area contributed by atoms with Crippen LogP contribution in [-0.2, 0) is 14.4 Å². The minimum atomic E-state index is -1.16. The van der Waals surface area contributed by atoms with Crippen molar-refractivity contribution in [1.29, 1.82) is 0 Å². The molecule has 0 aliphatic rings. The van der Waals surface area contributed by atoms with Crippen molar-refractivity contribution in [3.05, 3.63) is 0 Å². The van der Waals surface area contributed by atoms with Gasteiger partial charge in [0.1, 0.15) is 12.1 Å². The van der Waals surface area contributed by atoms with Crippen molar-refractivity contribution in [3.63, 3.8) is 0 Å². The standard InChI is InChI=1S/C24H48N4O4S/c1-9-12-20(29)27(7)19(16-33-14-11-10-13-26-17-23(2,3)4)22(31)28(8)18(21(25)30)15-24(5,6)32/h18-19,26,32H,9-17H2,1-8H3,(H2,25,30)/t18-,19+/m0/s1. The number of aliphatic hydroxyl groups is 1. The van der Waals surface area contributed by atoms with Crippen LogP contribution in [0.2, 0.25) is 0 Å². The van der Waals surface area contributed by atoms with Crippen molar-refractivity contribution >= 4 is 29.5 Å². The number of primary amides is 1. The number of hydrogen-bond acceptors (Lipinski definition) is 6. The largest absolute Gasteiger partial charge is 0.390 e. The first-order valence-electron chi connectivity index (χ1n) is 11.9. The lowest BCUT2D eigenvalue weighted by molar-refractivity contribution is -0.147. The number of nitrogens with zero attached hydrogens (tertiary/aromatic N) is 2. The number of carbonyl (C=O) groups is 3. The summed E-state index contributed by atoms with van der Waals surface area (Å²) in [5.74, 6) is 0.204. The first-order chi connectivity index (χ1) is 15.1. The molecule has 0 saturated heterocycles. The summed E-state index contributed by atoms with van der Waals surface area (Å²) in [6.45, 7) is 13.6. The van der Waals surface area contributed by atoms with Gasteiger partial charge in [0.25, 0.3) is 0 Å². The van der Waals surface area contributed by atoms with Crippen LogP contribution in [0.1, 0.15) is 73.6 Å². The molecule has 2 atom stereocenters. The summed E-state index contributed by atoms with van der Waals surface area (Å²) in [7, 11) is 3.15. The van der Waals surface area contributed by atoms with Gasteiger partial charge < -0.3 is 26.0 Å². The van der Waals surface area contributed by atoms with Gasteiger partial charge in [-0.2, -0.15) is 11.8 Å². The molecule has 4 N–H and O–H groups in total. The van der Waals surface area contributed by atoms with Crippen LogP contribution in [0.3, 0.4) is 0 Å².